The van der Waals surface area contributed by atoms with Gasteiger partial charge in [0, 0.05) is 26.3 Å². The second-order valence-electron chi connectivity index (χ2n) is 4.60. The van der Waals surface area contributed by atoms with Crippen LogP contribution in [0.2, 0.25) is 0 Å². The van der Waals surface area contributed by atoms with Gasteiger partial charge in [0.1, 0.15) is 10.7 Å². The Kier molecular flexibility index (Phi) is 3.92. The summed E-state index contributed by atoms with van der Waals surface area (Å²) < 4.78 is 40.4. The Labute approximate surface area is 117 Å². The first kappa shape index (κ1) is 14.7. The topological polar surface area (TPSA) is 55.2 Å². The maximum Gasteiger partial charge on any atom is 0.246 e. The molecule has 20 heavy (non-hydrogen) atoms. The molecule has 0 bridgehead atoms. The lowest BCUT2D eigenvalue weighted by molar-refractivity contribution is 0.398. The Balaban J connectivity index is 2.30. The molecule has 0 radical (unpaired) electrons. The Bertz CT molecular complexity index is 695. The number of halogens is 1. The monoisotopic (exact) mass is 297 g/mol. The molecule has 2 aromatic rings. The molecule has 1 atom stereocenters. The Morgan fingerprint density at radius 2 is 1.90 bits per heavy atom. The molecule has 1 aromatic carbocycles. The third kappa shape index (κ3) is 2.73. The van der Waals surface area contributed by atoms with Crippen LogP contribution in [0.5, 0.6) is 0 Å². The van der Waals surface area contributed by atoms with E-state index >= 15 is 0 Å². The molecule has 1 aromatic heterocycles. The molecule has 0 N–H and O–H groups in total. The number of benzene rings is 1. The number of rotatable bonds is 4. The second-order valence-corrected chi connectivity index (χ2v) is 6.60. The zero-order chi connectivity index (χ0) is 14.9. The van der Waals surface area contributed by atoms with E-state index in [1.807, 2.05) is 0 Å². The van der Waals surface area contributed by atoms with Gasteiger partial charge < -0.3 is 0 Å². The number of hydrogen-bond donors (Lipinski definition) is 0. The van der Waals surface area contributed by atoms with Crippen LogP contribution in [0.3, 0.4) is 0 Å². The van der Waals surface area contributed by atoms with Crippen molar-refractivity contribution in [1.82, 2.24) is 14.1 Å². The molecule has 7 heteroatoms. The smallest absolute Gasteiger partial charge is 0.246 e. The Morgan fingerprint density at radius 3 is 2.40 bits per heavy atom. The zero-order valence-electron chi connectivity index (χ0n) is 11.5. The van der Waals surface area contributed by atoms with Crippen LogP contribution in [0.25, 0.3) is 0 Å². The summed E-state index contributed by atoms with van der Waals surface area (Å²) in [4.78, 5) is 0.136. The molecule has 2 rings (SSSR count). The van der Waals surface area contributed by atoms with Crippen molar-refractivity contribution in [1.29, 1.82) is 0 Å². The van der Waals surface area contributed by atoms with E-state index in [1.54, 1.807) is 26.1 Å². The van der Waals surface area contributed by atoms with Crippen LogP contribution in [0.4, 0.5) is 4.39 Å². The second kappa shape index (κ2) is 5.34. The fourth-order valence-corrected chi connectivity index (χ4v) is 3.19. The minimum Gasteiger partial charge on any atom is -0.274 e. The summed E-state index contributed by atoms with van der Waals surface area (Å²) in [5.41, 5.74) is 0.723. The van der Waals surface area contributed by atoms with E-state index < -0.39 is 16.1 Å². The highest BCUT2D eigenvalue weighted by Gasteiger charge is 2.27. The summed E-state index contributed by atoms with van der Waals surface area (Å²) in [7, 11) is -0.468. The van der Waals surface area contributed by atoms with Gasteiger partial charge in [-0.3, -0.25) is 4.68 Å². The molecule has 0 fully saturated rings. The van der Waals surface area contributed by atoms with Crippen molar-refractivity contribution >= 4 is 10.0 Å². The average molecular weight is 297 g/mol. The highest BCUT2D eigenvalue weighted by molar-refractivity contribution is 7.89. The Morgan fingerprint density at radius 1 is 1.30 bits per heavy atom. The average Bonchev–Trinajstić information content (AvgIpc) is 2.85. The van der Waals surface area contributed by atoms with Gasteiger partial charge in [0.25, 0.3) is 0 Å². The maximum absolute atomic E-state index is 12.9. The highest BCUT2D eigenvalue weighted by Crippen LogP contribution is 2.25. The first-order chi connectivity index (χ1) is 9.32. The minimum atomic E-state index is -3.62. The summed E-state index contributed by atoms with van der Waals surface area (Å²) in [5.74, 6) is -0.348. The number of aryl methyl sites for hydroxylation is 1. The van der Waals surface area contributed by atoms with Crippen molar-refractivity contribution < 1.29 is 12.8 Å². The molecular formula is C13H16FN3O2S. The molecule has 1 heterocycles. The largest absolute Gasteiger partial charge is 0.274 e. The summed E-state index contributed by atoms with van der Waals surface area (Å²) in [6, 6.07) is 5.39. The van der Waals surface area contributed by atoms with Gasteiger partial charge in [0.2, 0.25) is 10.0 Å². The molecule has 0 unspecified atom stereocenters. The number of sulfonamides is 1. The molecule has 0 aliphatic heterocycles. The molecule has 0 spiro atoms. The van der Waals surface area contributed by atoms with Gasteiger partial charge in [0.05, 0.1) is 6.20 Å². The van der Waals surface area contributed by atoms with E-state index in [-0.39, 0.29) is 10.7 Å². The lowest BCUT2D eigenvalue weighted by atomic mass is 10.1. The van der Waals surface area contributed by atoms with Gasteiger partial charge in [0.15, 0.2) is 0 Å². The van der Waals surface area contributed by atoms with Crippen LogP contribution in [0, 0.1) is 5.82 Å². The van der Waals surface area contributed by atoms with Gasteiger partial charge in [-0.1, -0.05) is 12.1 Å². The molecule has 108 valence electrons. The highest BCUT2D eigenvalue weighted by atomic mass is 32.2. The number of nitrogens with zero attached hydrogens (tertiary/aromatic N) is 3. The third-order valence-corrected chi connectivity index (χ3v) is 5.14. The van der Waals surface area contributed by atoms with Gasteiger partial charge in [-0.25, -0.2) is 12.8 Å². The zero-order valence-corrected chi connectivity index (χ0v) is 12.3. The van der Waals surface area contributed by atoms with Gasteiger partial charge in [-0.2, -0.15) is 9.40 Å². The predicted molar refractivity (Wildman–Crippen MR) is 73.0 cm³/mol. The summed E-state index contributed by atoms with van der Waals surface area (Å²) in [6.45, 7) is 1.75. The van der Waals surface area contributed by atoms with Crippen molar-refractivity contribution in [3.8, 4) is 0 Å². The van der Waals surface area contributed by atoms with Gasteiger partial charge in [-0.05, 0) is 24.6 Å². The quantitative estimate of drug-likeness (QED) is 0.866. The molecule has 0 aliphatic carbocycles. The predicted octanol–water partition coefficient (Wildman–Crippen LogP) is 1.94. The standard InChI is InChI=1S/C13H16FN3O2S/c1-10(11-4-6-12(14)7-5-11)17(3)20(18,19)13-8-15-16(2)9-13/h4-10H,1-3H3/t10-/m1/s1. The van der Waals surface area contributed by atoms with Crippen molar-refractivity contribution in [3.05, 3.63) is 48.0 Å². The SMILES string of the molecule is C[C@H](c1ccc(F)cc1)N(C)S(=O)(=O)c1cnn(C)c1. The van der Waals surface area contributed by atoms with E-state index in [1.165, 1.54) is 40.6 Å². The van der Waals surface area contributed by atoms with Crippen molar-refractivity contribution in [3.63, 3.8) is 0 Å². The van der Waals surface area contributed by atoms with Crippen LogP contribution >= 0.6 is 0 Å². The van der Waals surface area contributed by atoms with E-state index in [0.717, 1.165) is 5.56 Å². The van der Waals surface area contributed by atoms with Gasteiger partial charge in [-0.15, -0.1) is 0 Å². The normalized spacial score (nSPS) is 13.7. The van der Waals surface area contributed by atoms with Crippen LogP contribution in [0.1, 0.15) is 18.5 Å². The number of hydrogen-bond acceptors (Lipinski definition) is 3. The lowest BCUT2D eigenvalue weighted by Gasteiger charge is -2.24. The maximum atomic E-state index is 12.9. The molecule has 5 nitrogen and oxygen atoms in total. The summed E-state index contributed by atoms with van der Waals surface area (Å²) >= 11 is 0. The van der Waals surface area contributed by atoms with E-state index in [9.17, 15) is 12.8 Å². The van der Waals surface area contributed by atoms with Crippen LogP contribution < -0.4 is 0 Å². The van der Waals surface area contributed by atoms with Crippen LogP contribution in [-0.4, -0.2) is 29.6 Å². The van der Waals surface area contributed by atoms with Crippen molar-refractivity contribution in [2.45, 2.75) is 17.9 Å². The van der Waals surface area contributed by atoms with E-state index in [2.05, 4.69) is 5.10 Å². The first-order valence-corrected chi connectivity index (χ1v) is 7.48. The number of aromatic nitrogens is 2. The van der Waals surface area contributed by atoms with Crippen LogP contribution in [0.15, 0.2) is 41.6 Å². The van der Waals surface area contributed by atoms with Crippen molar-refractivity contribution in [2.75, 3.05) is 7.05 Å². The van der Waals surface area contributed by atoms with Gasteiger partial charge >= 0.3 is 0 Å². The van der Waals surface area contributed by atoms with E-state index in [4.69, 9.17) is 0 Å². The Hall–Kier alpha value is -1.73. The molecule has 0 amide bonds. The fourth-order valence-electron chi connectivity index (χ4n) is 1.86. The molecule has 0 saturated carbocycles. The first-order valence-electron chi connectivity index (χ1n) is 6.04. The third-order valence-electron chi connectivity index (χ3n) is 3.26. The molecule has 0 saturated heterocycles. The lowest BCUT2D eigenvalue weighted by Crippen LogP contribution is -2.29. The van der Waals surface area contributed by atoms with E-state index in [0.29, 0.717) is 0 Å². The van der Waals surface area contributed by atoms with Crippen molar-refractivity contribution in [2.24, 2.45) is 7.05 Å². The summed E-state index contributed by atoms with van der Waals surface area (Å²) in [6.07, 6.45) is 2.76. The minimum absolute atomic E-state index is 0.136. The fraction of sp³-hybridized carbons (Fsp3) is 0.308. The summed E-state index contributed by atoms with van der Waals surface area (Å²) in [5, 5.41) is 3.87. The molecular weight excluding hydrogens is 281 g/mol. The van der Waals surface area contributed by atoms with Crippen LogP contribution in [-0.2, 0) is 17.1 Å². The molecule has 0 aliphatic rings.